The third-order valence-electron chi connectivity index (χ3n) is 2.34. The quantitative estimate of drug-likeness (QED) is 0.826. The molecule has 0 aliphatic heterocycles. The first kappa shape index (κ1) is 13.0. The first-order valence-electron chi connectivity index (χ1n) is 5.23. The number of hydrogen-bond donors (Lipinski definition) is 2. The van der Waals surface area contributed by atoms with Crippen molar-refractivity contribution in [1.29, 1.82) is 0 Å². The van der Waals surface area contributed by atoms with Gasteiger partial charge in [0.05, 0.1) is 5.56 Å². The van der Waals surface area contributed by atoms with E-state index in [1.165, 1.54) is 11.0 Å². The molecule has 0 radical (unpaired) electrons. The number of nitrogens with zero attached hydrogens (tertiary/aromatic N) is 1. The van der Waals surface area contributed by atoms with Gasteiger partial charge in [0, 0.05) is 19.8 Å². The molecule has 0 aliphatic rings. The number of rotatable bonds is 4. The lowest BCUT2D eigenvalue weighted by Gasteiger charge is -2.19. The third-order valence-corrected chi connectivity index (χ3v) is 2.34. The number of para-hydroxylation sites is 1. The Balaban J connectivity index is 2.88. The SMILES string of the molecule is CC(Nc1ccccc1C(=O)O)C(=O)N(C)C. The van der Waals surface area contributed by atoms with Crippen molar-refractivity contribution in [2.75, 3.05) is 19.4 Å². The number of likely N-dealkylation sites (N-methyl/N-ethyl adjacent to an activating group) is 1. The molecule has 0 heterocycles. The molecule has 0 bridgehead atoms. The van der Waals surface area contributed by atoms with Crippen molar-refractivity contribution in [3.63, 3.8) is 0 Å². The number of amides is 1. The standard InChI is InChI=1S/C12H16N2O3/c1-8(11(15)14(2)3)13-10-7-5-4-6-9(10)12(16)17/h4-8,13H,1-3H3,(H,16,17). The normalized spacial score (nSPS) is 11.7. The molecule has 0 saturated heterocycles. The topological polar surface area (TPSA) is 69.6 Å². The number of carboxylic acid groups (broad SMARTS) is 1. The van der Waals surface area contributed by atoms with Gasteiger partial charge in [-0.25, -0.2) is 4.79 Å². The summed E-state index contributed by atoms with van der Waals surface area (Å²) >= 11 is 0. The van der Waals surface area contributed by atoms with Crippen LogP contribution in [0.4, 0.5) is 5.69 Å². The van der Waals surface area contributed by atoms with E-state index in [1.807, 2.05) is 0 Å². The average molecular weight is 236 g/mol. The van der Waals surface area contributed by atoms with Gasteiger partial charge in [0.2, 0.25) is 5.91 Å². The van der Waals surface area contributed by atoms with Crippen LogP contribution < -0.4 is 5.32 Å². The second-order valence-corrected chi connectivity index (χ2v) is 3.95. The van der Waals surface area contributed by atoms with Crippen LogP contribution >= 0.6 is 0 Å². The summed E-state index contributed by atoms with van der Waals surface area (Å²) in [5.41, 5.74) is 0.605. The molecule has 0 aliphatic carbocycles. The van der Waals surface area contributed by atoms with Gasteiger partial charge >= 0.3 is 5.97 Å². The zero-order chi connectivity index (χ0) is 13.0. The molecular formula is C12H16N2O3. The van der Waals surface area contributed by atoms with E-state index < -0.39 is 12.0 Å². The van der Waals surface area contributed by atoms with Crippen molar-refractivity contribution in [3.05, 3.63) is 29.8 Å². The van der Waals surface area contributed by atoms with Gasteiger partial charge in [-0.3, -0.25) is 4.79 Å². The van der Waals surface area contributed by atoms with Crippen LogP contribution in [0.2, 0.25) is 0 Å². The number of anilines is 1. The Bertz CT molecular complexity index is 430. The first-order valence-corrected chi connectivity index (χ1v) is 5.23. The highest BCUT2D eigenvalue weighted by atomic mass is 16.4. The number of carbonyl (C=O) groups excluding carboxylic acids is 1. The van der Waals surface area contributed by atoms with Gasteiger partial charge in [0.1, 0.15) is 6.04 Å². The van der Waals surface area contributed by atoms with Gasteiger partial charge < -0.3 is 15.3 Å². The van der Waals surface area contributed by atoms with E-state index in [0.717, 1.165) is 0 Å². The molecule has 5 heteroatoms. The smallest absolute Gasteiger partial charge is 0.337 e. The van der Waals surface area contributed by atoms with Crippen LogP contribution in [0.5, 0.6) is 0 Å². The molecule has 5 nitrogen and oxygen atoms in total. The fraction of sp³-hybridized carbons (Fsp3) is 0.333. The Hall–Kier alpha value is -2.04. The van der Waals surface area contributed by atoms with Crippen LogP contribution in [-0.2, 0) is 4.79 Å². The van der Waals surface area contributed by atoms with E-state index >= 15 is 0 Å². The van der Waals surface area contributed by atoms with Crippen LogP contribution in [0.15, 0.2) is 24.3 Å². The van der Waals surface area contributed by atoms with Crippen LogP contribution in [0.25, 0.3) is 0 Å². The molecule has 1 rings (SSSR count). The van der Waals surface area contributed by atoms with Crippen LogP contribution in [-0.4, -0.2) is 42.0 Å². The van der Waals surface area contributed by atoms with E-state index in [4.69, 9.17) is 5.11 Å². The molecular weight excluding hydrogens is 220 g/mol. The second-order valence-electron chi connectivity index (χ2n) is 3.95. The molecule has 1 aromatic carbocycles. The Morgan fingerprint density at radius 2 is 1.88 bits per heavy atom. The Morgan fingerprint density at radius 1 is 1.29 bits per heavy atom. The van der Waals surface area contributed by atoms with Gasteiger partial charge in [-0.1, -0.05) is 12.1 Å². The highest BCUT2D eigenvalue weighted by Crippen LogP contribution is 2.16. The van der Waals surface area contributed by atoms with Crippen molar-refractivity contribution in [3.8, 4) is 0 Å². The van der Waals surface area contributed by atoms with Gasteiger partial charge in [-0.15, -0.1) is 0 Å². The average Bonchev–Trinajstić information content (AvgIpc) is 2.28. The van der Waals surface area contributed by atoms with E-state index in [1.54, 1.807) is 39.2 Å². The molecule has 0 aromatic heterocycles. The van der Waals surface area contributed by atoms with E-state index in [2.05, 4.69) is 5.32 Å². The molecule has 0 fully saturated rings. The van der Waals surface area contributed by atoms with Crippen molar-refractivity contribution < 1.29 is 14.7 Å². The Kier molecular flexibility index (Phi) is 4.09. The number of hydrogen-bond acceptors (Lipinski definition) is 3. The predicted octanol–water partition coefficient (Wildman–Crippen LogP) is 1.27. The minimum atomic E-state index is -1.02. The maximum atomic E-state index is 11.6. The third kappa shape index (κ3) is 3.21. The van der Waals surface area contributed by atoms with Crippen LogP contribution in [0.1, 0.15) is 17.3 Å². The summed E-state index contributed by atoms with van der Waals surface area (Å²) in [6, 6.07) is 6.04. The number of carboxylic acids is 1. The zero-order valence-corrected chi connectivity index (χ0v) is 10.1. The second kappa shape index (κ2) is 5.34. The van der Waals surface area contributed by atoms with Crippen LogP contribution in [0, 0.1) is 0 Å². The molecule has 1 aromatic rings. The summed E-state index contributed by atoms with van der Waals surface area (Å²) in [6.07, 6.45) is 0. The van der Waals surface area contributed by atoms with E-state index in [-0.39, 0.29) is 11.5 Å². The number of carbonyl (C=O) groups is 2. The molecule has 17 heavy (non-hydrogen) atoms. The van der Waals surface area contributed by atoms with Crippen molar-refractivity contribution in [2.24, 2.45) is 0 Å². The van der Waals surface area contributed by atoms with E-state index in [9.17, 15) is 9.59 Å². The van der Waals surface area contributed by atoms with E-state index in [0.29, 0.717) is 5.69 Å². The minimum absolute atomic E-state index is 0.106. The molecule has 0 spiro atoms. The maximum Gasteiger partial charge on any atom is 0.337 e. The summed E-state index contributed by atoms with van der Waals surface area (Å²) in [5.74, 6) is -1.12. The fourth-order valence-electron chi connectivity index (χ4n) is 1.48. The zero-order valence-electron chi connectivity index (χ0n) is 10.1. The molecule has 0 saturated carbocycles. The first-order chi connectivity index (χ1) is 7.93. The Morgan fingerprint density at radius 3 is 2.41 bits per heavy atom. The molecule has 2 N–H and O–H groups in total. The summed E-state index contributed by atoms with van der Waals surface area (Å²) in [6.45, 7) is 1.70. The predicted molar refractivity (Wildman–Crippen MR) is 65.2 cm³/mol. The molecule has 1 unspecified atom stereocenters. The van der Waals surface area contributed by atoms with Crippen LogP contribution in [0.3, 0.4) is 0 Å². The largest absolute Gasteiger partial charge is 0.478 e. The highest BCUT2D eigenvalue weighted by Gasteiger charge is 2.17. The summed E-state index contributed by atoms with van der Waals surface area (Å²) in [5, 5.41) is 11.9. The van der Waals surface area contributed by atoms with Crippen molar-refractivity contribution >= 4 is 17.6 Å². The molecule has 92 valence electrons. The van der Waals surface area contributed by atoms with Gasteiger partial charge in [-0.05, 0) is 19.1 Å². The summed E-state index contributed by atoms with van der Waals surface area (Å²) < 4.78 is 0. The van der Waals surface area contributed by atoms with Gasteiger partial charge in [-0.2, -0.15) is 0 Å². The minimum Gasteiger partial charge on any atom is -0.478 e. The fourth-order valence-corrected chi connectivity index (χ4v) is 1.48. The number of nitrogens with one attached hydrogen (secondary N) is 1. The maximum absolute atomic E-state index is 11.6. The molecule has 1 amide bonds. The monoisotopic (exact) mass is 236 g/mol. The lowest BCUT2D eigenvalue weighted by atomic mass is 10.1. The highest BCUT2D eigenvalue weighted by molar-refractivity contribution is 5.95. The lowest BCUT2D eigenvalue weighted by molar-refractivity contribution is -0.129. The Labute approximate surface area is 100 Å². The number of benzene rings is 1. The van der Waals surface area contributed by atoms with Gasteiger partial charge in [0.15, 0.2) is 0 Å². The van der Waals surface area contributed by atoms with Crippen molar-refractivity contribution in [1.82, 2.24) is 4.90 Å². The summed E-state index contributed by atoms with van der Waals surface area (Å²) in [4.78, 5) is 24.1. The van der Waals surface area contributed by atoms with Gasteiger partial charge in [0.25, 0.3) is 0 Å². The van der Waals surface area contributed by atoms with Crippen molar-refractivity contribution in [2.45, 2.75) is 13.0 Å². The summed E-state index contributed by atoms with van der Waals surface area (Å²) in [7, 11) is 3.31. The number of aromatic carboxylic acids is 1. The molecule has 1 atom stereocenters. The lowest BCUT2D eigenvalue weighted by Crippen LogP contribution is -2.36.